The van der Waals surface area contributed by atoms with Gasteiger partial charge in [0.05, 0.1) is 0 Å². The van der Waals surface area contributed by atoms with Crippen LogP contribution in [0.2, 0.25) is 0 Å². The molecular weight excluding hydrogens is 256 g/mol. The summed E-state index contributed by atoms with van der Waals surface area (Å²) in [7, 11) is -3.65. The predicted molar refractivity (Wildman–Crippen MR) is 70.3 cm³/mol. The van der Waals surface area contributed by atoms with Crippen LogP contribution in [0.3, 0.4) is 0 Å². The average Bonchev–Trinajstić information content (AvgIpc) is 2.57. The Hall–Kier alpha value is -0.980. The van der Waals surface area contributed by atoms with Gasteiger partial charge in [0, 0.05) is 5.70 Å². The third kappa shape index (κ3) is 2.34. The lowest BCUT2D eigenvalue weighted by Crippen LogP contribution is -2.30. The smallest absolute Gasteiger partial charge is 0.245 e. The summed E-state index contributed by atoms with van der Waals surface area (Å²) in [6, 6.07) is 9.69. The van der Waals surface area contributed by atoms with Crippen molar-refractivity contribution in [2.45, 2.75) is 18.7 Å². The van der Waals surface area contributed by atoms with Gasteiger partial charge < -0.3 is 5.32 Å². The molecule has 0 saturated heterocycles. The van der Waals surface area contributed by atoms with Crippen molar-refractivity contribution in [3.05, 3.63) is 45.8 Å². The predicted octanol–water partition coefficient (Wildman–Crippen LogP) is 1.67. The summed E-state index contributed by atoms with van der Waals surface area (Å²) in [6.07, 6.45) is 0. The van der Waals surface area contributed by atoms with Gasteiger partial charge in [-0.2, -0.15) is 0 Å². The Balaban J connectivity index is 2.37. The highest BCUT2D eigenvalue weighted by Gasteiger charge is 2.38. The molecule has 1 aromatic rings. The van der Waals surface area contributed by atoms with Crippen molar-refractivity contribution >= 4 is 21.8 Å². The van der Waals surface area contributed by atoms with Crippen LogP contribution in [-0.4, -0.2) is 8.42 Å². The van der Waals surface area contributed by atoms with Crippen molar-refractivity contribution < 1.29 is 8.42 Å². The number of rotatable bonds is 2. The van der Waals surface area contributed by atoms with Gasteiger partial charge in [0.15, 0.2) is 0 Å². The number of nitrogens with one attached hydrogen (secondary N) is 1. The third-order valence-electron chi connectivity index (χ3n) is 2.61. The summed E-state index contributed by atoms with van der Waals surface area (Å²) < 4.78 is 23.1. The molecule has 4 nitrogen and oxygen atoms in total. The molecule has 1 heterocycles. The van der Waals surface area contributed by atoms with Gasteiger partial charge in [0.25, 0.3) is 0 Å². The number of hydrogen-bond donors (Lipinski definition) is 2. The maximum Gasteiger partial charge on any atom is 0.245 e. The van der Waals surface area contributed by atoms with E-state index in [4.69, 9.17) is 5.14 Å². The van der Waals surface area contributed by atoms with E-state index in [1.54, 1.807) is 6.92 Å². The minimum atomic E-state index is -3.65. The second kappa shape index (κ2) is 4.04. The number of primary sulfonamides is 1. The van der Waals surface area contributed by atoms with E-state index in [2.05, 4.69) is 5.32 Å². The number of thioether (sulfide) groups is 1. The molecule has 0 spiro atoms. The number of benzene rings is 1. The fraction of sp³-hybridized carbons (Fsp3) is 0.273. The number of hydrogen-bond acceptors (Lipinski definition) is 4. The van der Waals surface area contributed by atoms with E-state index >= 15 is 0 Å². The monoisotopic (exact) mass is 270 g/mol. The summed E-state index contributed by atoms with van der Waals surface area (Å²) in [6.45, 7) is 3.66. The molecule has 0 radical (unpaired) electrons. The first kappa shape index (κ1) is 12.5. The van der Waals surface area contributed by atoms with Crippen LogP contribution >= 0.6 is 11.8 Å². The van der Waals surface area contributed by atoms with Crippen molar-refractivity contribution in [3.63, 3.8) is 0 Å². The molecule has 1 unspecified atom stereocenters. The van der Waals surface area contributed by atoms with E-state index in [-0.39, 0.29) is 4.24 Å². The van der Waals surface area contributed by atoms with Gasteiger partial charge in [0.2, 0.25) is 10.0 Å². The minimum absolute atomic E-state index is 0.212. The molecule has 1 atom stereocenters. The Morgan fingerprint density at radius 3 is 2.35 bits per heavy atom. The lowest BCUT2D eigenvalue weighted by Gasteiger charge is -2.25. The molecule has 3 N–H and O–H groups in total. The topological polar surface area (TPSA) is 72.2 Å². The molecule has 6 heteroatoms. The lowest BCUT2D eigenvalue weighted by molar-refractivity contribution is 0.601. The molecular formula is C11H14N2O2S2. The van der Waals surface area contributed by atoms with E-state index in [0.29, 0.717) is 5.70 Å². The zero-order valence-electron chi connectivity index (χ0n) is 9.60. The van der Waals surface area contributed by atoms with Gasteiger partial charge in [-0.1, -0.05) is 42.1 Å². The third-order valence-corrected chi connectivity index (χ3v) is 5.62. The maximum absolute atomic E-state index is 11.4. The molecule has 0 bridgehead atoms. The number of allylic oxidation sites excluding steroid dienone is 1. The van der Waals surface area contributed by atoms with Gasteiger partial charge in [-0.25, -0.2) is 13.6 Å². The summed E-state index contributed by atoms with van der Waals surface area (Å²) in [4.78, 5) is -0.479. The first-order valence-corrected chi connectivity index (χ1v) is 7.45. The van der Waals surface area contributed by atoms with Crippen molar-refractivity contribution in [2.75, 3.05) is 0 Å². The first-order valence-electron chi connectivity index (χ1n) is 5.09. The summed E-state index contributed by atoms with van der Waals surface area (Å²) in [5.74, 6) is 0. The number of sulfonamides is 1. The van der Waals surface area contributed by atoms with Crippen LogP contribution in [0.25, 0.3) is 0 Å². The van der Waals surface area contributed by atoms with Crippen LogP contribution in [0.1, 0.15) is 19.4 Å². The van der Waals surface area contributed by atoms with E-state index in [9.17, 15) is 8.42 Å². The Morgan fingerprint density at radius 2 is 1.88 bits per heavy atom. The number of nitrogens with two attached hydrogens (primary N) is 1. The molecule has 92 valence electrons. The molecule has 0 aromatic heterocycles. The molecule has 0 fully saturated rings. The highest BCUT2D eigenvalue weighted by Crippen LogP contribution is 2.46. The molecule has 0 saturated carbocycles. The van der Waals surface area contributed by atoms with Crippen LogP contribution in [0.5, 0.6) is 0 Å². The fourth-order valence-corrected chi connectivity index (χ4v) is 4.33. The SMILES string of the molecule is CC1=C(S(N)(=O)=O)SC(C)(c2ccccc2)N1. The second-order valence-corrected chi connectivity index (χ2v) is 7.27. The van der Waals surface area contributed by atoms with E-state index in [0.717, 1.165) is 5.56 Å². The molecule has 0 aliphatic carbocycles. The molecule has 0 amide bonds. The van der Waals surface area contributed by atoms with Gasteiger partial charge in [-0.15, -0.1) is 0 Å². The highest BCUT2D eigenvalue weighted by molar-refractivity contribution is 8.18. The van der Waals surface area contributed by atoms with Crippen LogP contribution < -0.4 is 10.5 Å². The van der Waals surface area contributed by atoms with Crippen LogP contribution in [0.15, 0.2) is 40.3 Å². The van der Waals surface area contributed by atoms with Gasteiger partial charge >= 0.3 is 0 Å². The Kier molecular flexibility index (Phi) is 2.97. The minimum Gasteiger partial charge on any atom is -0.369 e. The summed E-state index contributed by atoms with van der Waals surface area (Å²) in [5, 5.41) is 8.37. The average molecular weight is 270 g/mol. The normalized spacial score (nSPS) is 24.9. The summed E-state index contributed by atoms with van der Waals surface area (Å²) in [5.41, 5.74) is 1.62. The van der Waals surface area contributed by atoms with Crippen molar-refractivity contribution in [2.24, 2.45) is 5.14 Å². The standard InChI is InChI=1S/C11H14N2O2S2/c1-8-10(17(12,14)15)16-11(2,13-8)9-6-4-3-5-7-9/h3-7,13H,1-2H3,(H2,12,14,15). The fourth-order valence-electron chi connectivity index (χ4n) is 1.86. The second-order valence-electron chi connectivity index (χ2n) is 4.08. The quantitative estimate of drug-likeness (QED) is 0.857. The highest BCUT2D eigenvalue weighted by atomic mass is 32.3. The van der Waals surface area contributed by atoms with E-state index in [1.807, 2.05) is 37.3 Å². The van der Waals surface area contributed by atoms with E-state index < -0.39 is 14.9 Å². The Labute approximate surface area is 105 Å². The zero-order chi connectivity index (χ0) is 12.7. The molecule has 1 aliphatic rings. The molecule has 17 heavy (non-hydrogen) atoms. The lowest BCUT2D eigenvalue weighted by atomic mass is 10.1. The molecule has 1 aliphatic heterocycles. The maximum atomic E-state index is 11.4. The van der Waals surface area contributed by atoms with Crippen LogP contribution in [-0.2, 0) is 14.9 Å². The van der Waals surface area contributed by atoms with Crippen molar-refractivity contribution in [3.8, 4) is 0 Å². The Bertz CT molecular complexity index is 566. The van der Waals surface area contributed by atoms with Gasteiger partial charge in [0.1, 0.15) is 9.11 Å². The van der Waals surface area contributed by atoms with Crippen LogP contribution in [0, 0.1) is 0 Å². The van der Waals surface area contributed by atoms with Gasteiger partial charge in [-0.3, -0.25) is 0 Å². The van der Waals surface area contributed by atoms with E-state index in [1.165, 1.54) is 11.8 Å². The summed E-state index contributed by atoms with van der Waals surface area (Å²) >= 11 is 1.24. The Morgan fingerprint density at radius 1 is 1.29 bits per heavy atom. The largest absolute Gasteiger partial charge is 0.369 e. The first-order chi connectivity index (χ1) is 7.83. The van der Waals surface area contributed by atoms with Gasteiger partial charge in [-0.05, 0) is 19.4 Å². The zero-order valence-corrected chi connectivity index (χ0v) is 11.2. The molecule has 2 rings (SSSR count). The van der Waals surface area contributed by atoms with Crippen molar-refractivity contribution in [1.82, 2.24) is 5.32 Å². The van der Waals surface area contributed by atoms with Crippen molar-refractivity contribution in [1.29, 1.82) is 0 Å². The van der Waals surface area contributed by atoms with Crippen LogP contribution in [0.4, 0.5) is 0 Å². The molecule has 1 aromatic carbocycles.